The summed E-state index contributed by atoms with van der Waals surface area (Å²) in [6.45, 7) is 2.96. The third-order valence-electron chi connectivity index (χ3n) is 3.25. The van der Waals surface area contributed by atoms with Crippen molar-refractivity contribution >= 4 is 5.78 Å². The molecule has 0 spiro atoms. The first-order valence-corrected chi connectivity index (χ1v) is 6.75. The van der Waals surface area contributed by atoms with E-state index in [1.807, 2.05) is 37.1 Å². The third-order valence-corrected chi connectivity index (χ3v) is 3.25. The highest BCUT2D eigenvalue weighted by Crippen LogP contribution is 2.25. The van der Waals surface area contributed by atoms with Gasteiger partial charge in [-0.05, 0) is 37.7 Å². The Morgan fingerprint density at radius 1 is 1.10 bits per heavy atom. The molecule has 0 unspecified atom stereocenters. The number of phenols is 2. The second-order valence-corrected chi connectivity index (χ2v) is 5.29. The van der Waals surface area contributed by atoms with E-state index in [-0.39, 0.29) is 23.8 Å². The summed E-state index contributed by atoms with van der Waals surface area (Å²) in [6, 6.07) is 12.3. The highest BCUT2D eigenvalue weighted by Gasteiger charge is 2.12. The minimum Gasteiger partial charge on any atom is -0.504 e. The van der Waals surface area contributed by atoms with Crippen molar-refractivity contribution in [3.8, 4) is 11.5 Å². The molecule has 0 aromatic heterocycles. The minimum atomic E-state index is -0.276. The summed E-state index contributed by atoms with van der Waals surface area (Å²) in [6.07, 6.45) is 0. The summed E-state index contributed by atoms with van der Waals surface area (Å²) in [5.41, 5.74) is 2.73. The van der Waals surface area contributed by atoms with Crippen LogP contribution in [0.25, 0.3) is 0 Å². The van der Waals surface area contributed by atoms with Crippen LogP contribution in [0.2, 0.25) is 0 Å². The first kappa shape index (κ1) is 15.1. The number of Topliss-reactive ketones (excluding diaryl/α,β-unsaturated/α-hetero) is 1. The van der Waals surface area contributed by atoms with E-state index in [4.69, 9.17) is 0 Å². The van der Waals surface area contributed by atoms with Crippen molar-refractivity contribution in [2.75, 3.05) is 13.6 Å². The molecule has 0 amide bonds. The second kappa shape index (κ2) is 6.41. The fourth-order valence-corrected chi connectivity index (χ4v) is 2.21. The predicted octanol–water partition coefficient (Wildman–Crippen LogP) is 2.72. The molecule has 0 radical (unpaired) electrons. The number of rotatable bonds is 5. The van der Waals surface area contributed by atoms with Crippen LogP contribution in [-0.4, -0.2) is 34.5 Å². The molecule has 2 rings (SSSR count). The van der Waals surface area contributed by atoms with Crippen LogP contribution >= 0.6 is 0 Å². The number of ketones is 1. The number of carbonyl (C=O) groups excluding carboxylic acids is 1. The summed E-state index contributed by atoms with van der Waals surface area (Å²) in [5.74, 6) is -0.595. The first-order chi connectivity index (χ1) is 9.95. The number of aryl methyl sites for hydroxylation is 1. The van der Waals surface area contributed by atoms with E-state index in [9.17, 15) is 15.0 Å². The molecule has 2 aromatic carbocycles. The normalized spacial score (nSPS) is 10.8. The van der Waals surface area contributed by atoms with Crippen LogP contribution in [0.4, 0.5) is 0 Å². The lowest BCUT2D eigenvalue weighted by Crippen LogP contribution is -2.25. The van der Waals surface area contributed by atoms with Crippen LogP contribution in [0, 0.1) is 6.92 Å². The quantitative estimate of drug-likeness (QED) is 0.655. The van der Waals surface area contributed by atoms with Crippen molar-refractivity contribution in [3.05, 3.63) is 59.2 Å². The van der Waals surface area contributed by atoms with E-state index in [1.165, 1.54) is 23.8 Å². The lowest BCUT2D eigenvalue weighted by Gasteiger charge is -2.16. The number of hydrogen-bond acceptors (Lipinski definition) is 4. The molecule has 0 saturated carbocycles. The Balaban J connectivity index is 2.00. The van der Waals surface area contributed by atoms with Crippen molar-refractivity contribution in [2.24, 2.45) is 0 Å². The number of hydrogen-bond donors (Lipinski definition) is 2. The van der Waals surface area contributed by atoms with Crippen LogP contribution in [0.5, 0.6) is 11.5 Å². The largest absolute Gasteiger partial charge is 0.504 e. The van der Waals surface area contributed by atoms with Gasteiger partial charge >= 0.3 is 0 Å². The molecule has 0 aliphatic heterocycles. The predicted molar refractivity (Wildman–Crippen MR) is 81.6 cm³/mol. The third kappa shape index (κ3) is 4.07. The number of likely N-dealkylation sites (N-methyl/N-ethyl adjacent to an activating group) is 1. The molecule has 4 heteroatoms. The van der Waals surface area contributed by atoms with E-state index in [0.29, 0.717) is 12.1 Å². The van der Waals surface area contributed by atoms with Gasteiger partial charge in [0.05, 0.1) is 6.54 Å². The molecule has 4 nitrogen and oxygen atoms in total. The Morgan fingerprint density at radius 3 is 2.52 bits per heavy atom. The molecule has 0 fully saturated rings. The van der Waals surface area contributed by atoms with E-state index in [0.717, 1.165) is 5.56 Å². The van der Waals surface area contributed by atoms with Crippen LogP contribution in [0.1, 0.15) is 21.5 Å². The van der Waals surface area contributed by atoms with Crippen molar-refractivity contribution < 1.29 is 15.0 Å². The number of phenolic OH excluding ortho intramolecular Hbond substituents is 2. The molecule has 0 heterocycles. The zero-order valence-corrected chi connectivity index (χ0v) is 12.2. The summed E-state index contributed by atoms with van der Waals surface area (Å²) < 4.78 is 0. The van der Waals surface area contributed by atoms with Crippen LogP contribution in [0.3, 0.4) is 0 Å². The number of nitrogens with zero attached hydrogens (tertiary/aromatic N) is 1. The van der Waals surface area contributed by atoms with Crippen molar-refractivity contribution in [1.82, 2.24) is 4.90 Å². The molecule has 0 aliphatic rings. The molecule has 0 saturated heterocycles. The van der Waals surface area contributed by atoms with Gasteiger partial charge in [-0.2, -0.15) is 0 Å². The fourth-order valence-electron chi connectivity index (χ4n) is 2.21. The van der Waals surface area contributed by atoms with Gasteiger partial charge in [0.1, 0.15) is 0 Å². The van der Waals surface area contributed by atoms with Gasteiger partial charge in [-0.25, -0.2) is 0 Å². The summed E-state index contributed by atoms with van der Waals surface area (Å²) >= 11 is 0. The Bertz CT molecular complexity index is 652. The Hall–Kier alpha value is -2.33. The maximum Gasteiger partial charge on any atom is 0.176 e. The molecular formula is C17H19NO3. The van der Waals surface area contributed by atoms with Crippen molar-refractivity contribution in [2.45, 2.75) is 13.5 Å². The average molecular weight is 285 g/mol. The first-order valence-electron chi connectivity index (χ1n) is 6.75. The zero-order valence-electron chi connectivity index (χ0n) is 12.2. The lowest BCUT2D eigenvalue weighted by molar-refractivity contribution is 0.0942. The monoisotopic (exact) mass is 285 g/mol. The van der Waals surface area contributed by atoms with Gasteiger partial charge in [-0.3, -0.25) is 9.69 Å². The molecule has 2 N–H and O–H groups in total. The average Bonchev–Trinajstić information content (AvgIpc) is 2.41. The molecule has 0 aliphatic carbocycles. The van der Waals surface area contributed by atoms with E-state index in [2.05, 4.69) is 6.07 Å². The van der Waals surface area contributed by atoms with E-state index >= 15 is 0 Å². The standard InChI is InChI=1S/C17H19NO3/c1-12-4-3-5-13(8-12)10-18(2)11-17(21)14-6-7-15(19)16(20)9-14/h3-9,19-20H,10-11H2,1-2H3. The van der Waals surface area contributed by atoms with Crippen LogP contribution < -0.4 is 0 Å². The summed E-state index contributed by atoms with van der Waals surface area (Å²) in [7, 11) is 1.88. The Morgan fingerprint density at radius 2 is 1.86 bits per heavy atom. The van der Waals surface area contributed by atoms with Gasteiger partial charge in [0.2, 0.25) is 0 Å². The topological polar surface area (TPSA) is 60.8 Å². The van der Waals surface area contributed by atoms with Crippen LogP contribution in [0.15, 0.2) is 42.5 Å². The molecule has 2 aromatic rings. The van der Waals surface area contributed by atoms with Gasteiger partial charge in [0.25, 0.3) is 0 Å². The van der Waals surface area contributed by atoms with Gasteiger partial charge in [0.15, 0.2) is 17.3 Å². The number of carbonyl (C=O) groups is 1. The molecule has 21 heavy (non-hydrogen) atoms. The van der Waals surface area contributed by atoms with Crippen molar-refractivity contribution in [3.63, 3.8) is 0 Å². The smallest absolute Gasteiger partial charge is 0.176 e. The highest BCUT2D eigenvalue weighted by molar-refractivity contribution is 5.98. The Labute approximate surface area is 124 Å². The van der Waals surface area contributed by atoms with E-state index in [1.54, 1.807) is 0 Å². The minimum absolute atomic E-state index is 0.0968. The lowest BCUT2D eigenvalue weighted by atomic mass is 10.1. The molecule has 110 valence electrons. The summed E-state index contributed by atoms with van der Waals surface area (Å²) in [4.78, 5) is 14.1. The van der Waals surface area contributed by atoms with Gasteiger partial charge in [-0.1, -0.05) is 29.8 Å². The van der Waals surface area contributed by atoms with Crippen LogP contribution in [-0.2, 0) is 6.54 Å². The Kier molecular flexibility index (Phi) is 4.60. The van der Waals surface area contributed by atoms with Gasteiger partial charge in [0, 0.05) is 12.1 Å². The van der Waals surface area contributed by atoms with Gasteiger partial charge < -0.3 is 10.2 Å². The highest BCUT2D eigenvalue weighted by atomic mass is 16.3. The zero-order chi connectivity index (χ0) is 15.4. The van der Waals surface area contributed by atoms with Gasteiger partial charge in [-0.15, -0.1) is 0 Å². The fraction of sp³-hybridized carbons (Fsp3) is 0.235. The maximum absolute atomic E-state index is 12.1. The number of aromatic hydroxyl groups is 2. The second-order valence-electron chi connectivity index (χ2n) is 5.29. The van der Waals surface area contributed by atoms with E-state index < -0.39 is 0 Å². The van der Waals surface area contributed by atoms with Crippen molar-refractivity contribution in [1.29, 1.82) is 0 Å². The molecule has 0 atom stereocenters. The molecule has 0 bridgehead atoms. The maximum atomic E-state index is 12.1. The summed E-state index contributed by atoms with van der Waals surface area (Å²) in [5, 5.41) is 18.7. The molecular weight excluding hydrogens is 266 g/mol. The number of benzene rings is 2. The SMILES string of the molecule is Cc1cccc(CN(C)CC(=O)c2ccc(O)c(O)c2)c1.